The minimum absolute atomic E-state index is 0.0396. The highest BCUT2D eigenvalue weighted by molar-refractivity contribution is 5.97. The van der Waals surface area contributed by atoms with Crippen LogP contribution in [0.15, 0.2) is 12.2 Å². The van der Waals surface area contributed by atoms with Crippen LogP contribution < -0.4 is 0 Å². The predicted molar refractivity (Wildman–Crippen MR) is 59.2 cm³/mol. The molecule has 0 aromatic rings. The third-order valence-corrected chi connectivity index (χ3v) is 2.89. The molecule has 0 saturated heterocycles. The first-order valence-corrected chi connectivity index (χ1v) is 5.45. The molecular formula is C12H16O5. The Bertz CT molecular complexity index is 358. The fourth-order valence-corrected chi connectivity index (χ4v) is 1.67. The number of hydrogen-bond donors (Lipinski definition) is 1. The molecule has 0 amide bonds. The number of esters is 1. The number of carboxylic acids is 1. The van der Waals surface area contributed by atoms with Crippen LogP contribution in [0.4, 0.5) is 0 Å². The number of rotatable bonds is 6. The number of ether oxygens (including phenoxy) is 1. The molecule has 5 nitrogen and oxygen atoms in total. The zero-order chi connectivity index (χ0) is 13.0. The lowest BCUT2D eigenvalue weighted by Crippen LogP contribution is -2.22. The highest BCUT2D eigenvalue weighted by Gasteiger charge is 2.41. The van der Waals surface area contributed by atoms with E-state index >= 15 is 0 Å². The van der Waals surface area contributed by atoms with E-state index in [9.17, 15) is 14.4 Å². The van der Waals surface area contributed by atoms with Gasteiger partial charge in [0, 0.05) is 0 Å². The molecule has 1 N–H and O–H groups in total. The lowest BCUT2D eigenvalue weighted by atomic mass is 10.0. The summed E-state index contributed by atoms with van der Waals surface area (Å²) < 4.78 is 4.52. The maximum atomic E-state index is 11.2. The molecule has 0 aliphatic heterocycles. The van der Waals surface area contributed by atoms with Gasteiger partial charge in [-0.25, -0.2) is 0 Å². The van der Waals surface area contributed by atoms with Crippen molar-refractivity contribution in [1.82, 2.24) is 0 Å². The smallest absolute Gasteiger partial charge is 0.316 e. The molecule has 0 heterocycles. The van der Waals surface area contributed by atoms with E-state index in [0.29, 0.717) is 6.42 Å². The molecule has 1 fully saturated rings. The maximum Gasteiger partial charge on any atom is 0.316 e. The largest absolute Gasteiger partial charge is 0.481 e. The van der Waals surface area contributed by atoms with Gasteiger partial charge in [0.2, 0.25) is 0 Å². The van der Waals surface area contributed by atoms with Crippen molar-refractivity contribution in [2.45, 2.75) is 19.8 Å². The van der Waals surface area contributed by atoms with Crippen molar-refractivity contribution in [3.63, 3.8) is 0 Å². The normalized spacial score (nSPS) is 24.4. The van der Waals surface area contributed by atoms with Gasteiger partial charge in [-0.15, -0.1) is 0 Å². The van der Waals surface area contributed by atoms with E-state index in [2.05, 4.69) is 4.74 Å². The molecule has 1 saturated carbocycles. The summed E-state index contributed by atoms with van der Waals surface area (Å²) in [5.41, 5.74) is 0. The SMILES string of the molecule is COC(=O)C(C/C=C\[C@H]1C[C@H]1C(=O)O)C(C)=O. The number of carboxylic acid groups (broad SMARTS) is 1. The summed E-state index contributed by atoms with van der Waals surface area (Å²) in [4.78, 5) is 33.0. The van der Waals surface area contributed by atoms with Crippen LogP contribution >= 0.6 is 0 Å². The van der Waals surface area contributed by atoms with Crippen molar-refractivity contribution in [2.24, 2.45) is 17.8 Å². The van der Waals surface area contributed by atoms with Gasteiger partial charge in [0.15, 0.2) is 0 Å². The van der Waals surface area contributed by atoms with Crippen molar-refractivity contribution in [3.8, 4) is 0 Å². The van der Waals surface area contributed by atoms with Gasteiger partial charge in [-0.2, -0.15) is 0 Å². The molecule has 17 heavy (non-hydrogen) atoms. The van der Waals surface area contributed by atoms with Crippen LogP contribution in [0.2, 0.25) is 0 Å². The molecule has 0 radical (unpaired) electrons. The van der Waals surface area contributed by atoms with Gasteiger partial charge in [-0.3, -0.25) is 14.4 Å². The van der Waals surface area contributed by atoms with Gasteiger partial charge in [-0.1, -0.05) is 12.2 Å². The fourth-order valence-electron chi connectivity index (χ4n) is 1.67. The monoisotopic (exact) mass is 240 g/mol. The van der Waals surface area contributed by atoms with Gasteiger partial charge >= 0.3 is 11.9 Å². The molecule has 0 aromatic heterocycles. The van der Waals surface area contributed by atoms with Gasteiger partial charge in [0.05, 0.1) is 13.0 Å². The molecule has 94 valence electrons. The van der Waals surface area contributed by atoms with E-state index < -0.39 is 17.9 Å². The Kier molecular flexibility index (Phi) is 4.43. The van der Waals surface area contributed by atoms with Crippen LogP contribution in [0, 0.1) is 17.8 Å². The Hall–Kier alpha value is -1.65. The third-order valence-electron chi connectivity index (χ3n) is 2.89. The highest BCUT2D eigenvalue weighted by Crippen LogP contribution is 2.39. The molecule has 1 aliphatic rings. The Morgan fingerprint density at radius 1 is 1.47 bits per heavy atom. The van der Waals surface area contributed by atoms with E-state index in [1.807, 2.05) is 0 Å². The maximum absolute atomic E-state index is 11.2. The van der Waals surface area contributed by atoms with Crippen molar-refractivity contribution < 1.29 is 24.2 Å². The fraction of sp³-hybridized carbons (Fsp3) is 0.583. The van der Waals surface area contributed by atoms with Crippen LogP contribution in [-0.2, 0) is 19.1 Å². The second-order valence-corrected chi connectivity index (χ2v) is 4.19. The number of aliphatic carboxylic acids is 1. The van der Waals surface area contributed by atoms with Crippen LogP contribution in [0.1, 0.15) is 19.8 Å². The standard InChI is InChI=1S/C12H16O5/c1-7(13)9(12(16)17-2)5-3-4-8-6-10(8)11(14)15/h3-4,8-10H,5-6H2,1-2H3,(H,14,15)/b4-3-/t8-,9?,10+/m0/s1. The van der Waals surface area contributed by atoms with E-state index in [1.165, 1.54) is 14.0 Å². The minimum atomic E-state index is -0.796. The Morgan fingerprint density at radius 3 is 2.53 bits per heavy atom. The first kappa shape index (κ1) is 13.4. The number of carbonyl (C=O) groups is 3. The van der Waals surface area contributed by atoms with Crippen molar-refractivity contribution in [3.05, 3.63) is 12.2 Å². The topological polar surface area (TPSA) is 80.7 Å². The molecule has 1 aliphatic carbocycles. The van der Waals surface area contributed by atoms with Gasteiger partial charge < -0.3 is 9.84 Å². The summed E-state index contributed by atoms with van der Waals surface area (Å²) in [5, 5.41) is 8.68. The minimum Gasteiger partial charge on any atom is -0.481 e. The van der Waals surface area contributed by atoms with Crippen molar-refractivity contribution in [2.75, 3.05) is 7.11 Å². The molecule has 0 spiro atoms. The first-order chi connectivity index (χ1) is 7.97. The quantitative estimate of drug-likeness (QED) is 0.426. The highest BCUT2D eigenvalue weighted by atomic mass is 16.5. The third kappa shape index (κ3) is 3.69. The average molecular weight is 240 g/mol. The summed E-state index contributed by atoms with van der Waals surface area (Å²) in [6, 6.07) is 0. The van der Waals surface area contributed by atoms with Crippen LogP contribution in [-0.4, -0.2) is 29.9 Å². The Balaban J connectivity index is 2.43. The van der Waals surface area contributed by atoms with E-state index in [4.69, 9.17) is 5.11 Å². The lowest BCUT2D eigenvalue weighted by molar-refractivity contribution is -0.148. The Labute approximate surface area is 99.5 Å². The number of ketones is 1. The Morgan fingerprint density at radius 2 is 2.12 bits per heavy atom. The second-order valence-electron chi connectivity index (χ2n) is 4.19. The van der Waals surface area contributed by atoms with Gasteiger partial charge in [0.25, 0.3) is 0 Å². The number of carbonyl (C=O) groups excluding carboxylic acids is 2. The molecule has 1 unspecified atom stereocenters. The molecular weight excluding hydrogens is 224 g/mol. The van der Waals surface area contributed by atoms with Crippen molar-refractivity contribution >= 4 is 17.7 Å². The number of methoxy groups -OCH3 is 1. The van der Waals surface area contributed by atoms with Gasteiger partial charge in [-0.05, 0) is 25.7 Å². The lowest BCUT2D eigenvalue weighted by Gasteiger charge is -2.07. The summed E-state index contributed by atoms with van der Waals surface area (Å²) >= 11 is 0. The predicted octanol–water partition coefficient (Wildman–Crippen LogP) is 1.03. The summed E-state index contributed by atoms with van der Waals surface area (Å²) in [6.45, 7) is 1.34. The summed E-state index contributed by atoms with van der Waals surface area (Å²) in [6.07, 6.45) is 4.36. The van der Waals surface area contributed by atoms with E-state index in [0.717, 1.165) is 0 Å². The second kappa shape index (κ2) is 5.61. The molecule has 0 aromatic carbocycles. The zero-order valence-corrected chi connectivity index (χ0v) is 9.88. The summed E-state index contributed by atoms with van der Waals surface area (Å²) in [5.74, 6) is -2.63. The number of allylic oxidation sites excluding steroid dienone is 2. The van der Waals surface area contributed by atoms with Crippen LogP contribution in [0.5, 0.6) is 0 Å². The molecule has 3 atom stereocenters. The molecule has 5 heteroatoms. The first-order valence-electron chi connectivity index (χ1n) is 5.45. The van der Waals surface area contributed by atoms with E-state index in [1.54, 1.807) is 12.2 Å². The van der Waals surface area contributed by atoms with Crippen LogP contribution in [0.3, 0.4) is 0 Å². The average Bonchev–Trinajstić information content (AvgIpc) is 3.02. The van der Waals surface area contributed by atoms with Crippen molar-refractivity contribution in [1.29, 1.82) is 0 Å². The van der Waals surface area contributed by atoms with Crippen LogP contribution in [0.25, 0.3) is 0 Å². The number of Topliss-reactive ketones (excluding diaryl/α,β-unsaturated/α-hetero) is 1. The zero-order valence-electron chi connectivity index (χ0n) is 9.88. The van der Waals surface area contributed by atoms with E-state index in [-0.39, 0.29) is 24.0 Å². The summed E-state index contributed by atoms with van der Waals surface area (Å²) in [7, 11) is 1.24. The molecule has 0 bridgehead atoms. The number of hydrogen-bond acceptors (Lipinski definition) is 4. The molecule has 1 rings (SSSR count). The van der Waals surface area contributed by atoms with Gasteiger partial charge in [0.1, 0.15) is 11.7 Å².